The predicted octanol–water partition coefficient (Wildman–Crippen LogP) is 4.78. The first kappa shape index (κ1) is 17.0. The second-order valence-electron chi connectivity index (χ2n) is 5.09. The van der Waals surface area contributed by atoms with Crippen molar-refractivity contribution in [3.63, 3.8) is 0 Å². The van der Waals surface area contributed by atoms with Gasteiger partial charge >= 0.3 is 6.03 Å². The van der Waals surface area contributed by atoms with Crippen LogP contribution in [0.4, 0.5) is 16.2 Å². The molecular formula is C17H19ClN2O3. The third-order valence-electron chi connectivity index (χ3n) is 2.91. The summed E-state index contributed by atoms with van der Waals surface area (Å²) in [4.78, 5) is 12.1. The molecule has 0 aliphatic carbocycles. The van der Waals surface area contributed by atoms with Crippen molar-refractivity contribution in [3.05, 3.63) is 47.5 Å². The van der Waals surface area contributed by atoms with E-state index in [-0.39, 0.29) is 12.1 Å². The van der Waals surface area contributed by atoms with Crippen molar-refractivity contribution in [1.29, 1.82) is 0 Å². The quantitative estimate of drug-likeness (QED) is 0.827. The topological polar surface area (TPSA) is 59.6 Å². The maximum Gasteiger partial charge on any atom is 0.323 e. The average molecular weight is 335 g/mol. The van der Waals surface area contributed by atoms with E-state index in [2.05, 4.69) is 10.6 Å². The van der Waals surface area contributed by atoms with E-state index in [0.29, 0.717) is 27.9 Å². The lowest BCUT2D eigenvalue weighted by Crippen LogP contribution is -2.20. The minimum absolute atomic E-state index is 0.0152. The summed E-state index contributed by atoms with van der Waals surface area (Å²) in [6.07, 6.45) is 0.0152. The van der Waals surface area contributed by atoms with Crippen molar-refractivity contribution in [1.82, 2.24) is 0 Å². The van der Waals surface area contributed by atoms with Crippen LogP contribution in [0, 0.1) is 0 Å². The zero-order valence-electron chi connectivity index (χ0n) is 13.2. The fourth-order valence-electron chi connectivity index (χ4n) is 1.96. The standard InChI is InChI=1S/C17H19ClN2O3/c1-11(2)23-16-7-5-4-6-14(16)20-17(21)19-12-8-9-15(22-3)13(18)10-12/h4-11H,1-3H3,(H2,19,20,21). The second-order valence-corrected chi connectivity index (χ2v) is 5.50. The summed E-state index contributed by atoms with van der Waals surface area (Å²) in [6.45, 7) is 3.85. The first-order chi connectivity index (χ1) is 11.0. The molecule has 0 atom stereocenters. The van der Waals surface area contributed by atoms with E-state index in [1.54, 1.807) is 30.3 Å². The van der Waals surface area contributed by atoms with Crippen molar-refractivity contribution < 1.29 is 14.3 Å². The molecule has 6 heteroatoms. The van der Waals surface area contributed by atoms with Crippen LogP contribution in [0.2, 0.25) is 5.02 Å². The van der Waals surface area contributed by atoms with Gasteiger partial charge in [0.1, 0.15) is 11.5 Å². The Labute approximate surface area is 140 Å². The highest BCUT2D eigenvalue weighted by atomic mass is 35.5. The van der Waals surface area contributed by atoms with Crippen LogP contribution in [0.25, 0.3) is 0 Å². The van der Waals surface area contributed by atoms with E-state index in [9.17, 15) is 4.79 Å². The molecule has 0 heterocycles. The molecule has 2 amide bonds. The van der Waals surface area contributed by atoms with Gasteiger partial charge in [-0.15, -0.1) is 0 Å². The molecule has 122 valence electrons. The lowest BCUT2D eigenvalue weighted by molar-refractivity contribution is 0.243. The van der Waals surface area contributed by atoms with Crippen LogP contribution in [0.1, 0.15) is 13.8 Å². The summed E-state index contributed by atoms with van der Waals surface area (Å²) in [7, 11) is 1.53. The maximum absolute atomic E-state index is 12.1. The van der Waals surface area contributed by atoms with Crippen LogP contribution >= 0.6 is 11.6 Å². The van der Waals surface area contributed by atoms with E-state index in [0.717, 1.165) is 0 Å². The van der Waals surface area contributed by atoms with E-state index in [1.807, 2.05) is 26.0 Å². The highest BCUT2D eigenvalue weighted by molar-refractivity contribution is 6.32. The van der Waals surface area contributed by atoms with Gasteiger partial charge in [-0.25, -0.2) is 4.79 Å². The molecule has 23 heavy (non-hydrogen) atoms. The normalized spacial score (nSPS) is 10.3. The number of nitrogens with one attached hydrogen (secondary N) is 2. The number of carbonyl (C=O) groups is 1. The van der Waals surface area contributed by atoms with Crippen molar-refractivity contribution in [2.75, 3.05) is 17.7 Å². The molecule has 2 N–H and O–H groups in total. The van der Waals surface area contributed by atoms with Crippen molar-refractivity contribution in [2.45, 2.75) is 20.0 Å². The third-order valence-corrected chi connectivity index (χ3v) is 3.20. The SMILES string of the molecule is COc1ccc(NC(=O)Nc2ccccc2OC(C)C)cc1Cl. The highest BCUT2D eigenvalue weighted by Crippen LogP contribution is 2.28. The highest BCUT2D eigenvalue weighted by Gasteiger charge is 2.10. The summed E-state index contributed by atoms with van der Waals surface area (Å²) in [5.74, 6) is 1.17. The van der Waals surface area contributed by atoms with Crippen LogP contribution in [0.5, 0.6) is 11.5 Å². The van der Waals surface area contributed by atoms with Gasteiger partial charge in [0, 0.05) is 5.69 Å². The number of ether oxygens (including phenoxy) is 2. The number of anilines is 2. The number of carbonyl (C=O) groups excluding carboxylic acids is 1. The largest absolute Gasteiger partial charge is 0.495 e. The summed E-state index contributed by atoms with van der Waals surface area (Å²) in [6, 6.07) is 11.9. The zero-order valence-corrected chi connectivity index (χ0v) is 14.0. The van der Waals surface area contributed by atoms with E-state index in [4.69, 9.17) is 21.1 Å². The van der Waals surface area contributed by atoms with Crippen LogP contribution in [-0.2, 0) is 0 Å². The molecule has 0 saturated carbocycles. The number of benzene rings is 2. The lowest BCUT2D eigenvalue weighted by Gasteiger charge is -2.15. The summed E-state index contributed by atoms with van der Waals surface area (Å²) in [5.41, 5.74) is 1.16. The van der Waals surface area contributed by atoms with Gasteiger partial charge in [-0.2, -0.15) is 0 Å². The number of hydrogen-bond donors (Lipinski definition) is 2. The Morgan fingerprint density at radius 2 is 1.83 bits per heavy atom. The number of hydrogen-bond acceptors (Lipinski definition) is 3. The number of amides is 2. The smallest absolute Gasteiger partial charge is 0.323 e. The van der Waals surface area contributed by atoms with Gasteiger partial charge < -0.3 is 20.1 Å². The molecule has 0 spiro atoms. The van der Waals surface area contributed by atoms with Gasteiger partial charge in [-0.3, -0.25) is 0 Å². The van der Waals surface area contributed by atoms with Crippen LogP contribution in [0.3, 0.4) is 0 Å². The molecule has 0 aliphatic heterocycles. The second kappa shape index (κ2) is 7.74. The molecule has 2 aromatic carbocycles. The van der Waals surface area contributed by atoms with Gasteiger partial charge in [0.15, 0.2) is 0 Å². The molecule has 2 rings (SSSR count). The zero-order chi connectivity index (χ0) is 16.8. The van der Waals surface area contributed by atoms with E-state index < -0.39 is 0 Å². The minimum Gasteiger partial charge on any atom is -0.495 e. The van der Waals surface area contributed by atoms with Crippen LogP contribution < -0.4 is 20.1 Å². The van der Waals surface area contributed by atoms with Gasteiger partial charge in [0.05, 0.1) is 23.9 Å². The maximum atomic E-state index is 12.1. The van der Waals surface area contributed by atoms with Gasteiger partial charge in [-0.1, -0.05) is 23.7 Å². The average Bonchev–Trinajstić information content (AvgIpc) is 2.49. The Balaban J connectivity index is 2.07. The summed E-state index contributed by atoms with van der Waals surface area (Å²) < 4.78 is 10.7. The van der Waals surface area contributed by atoms with E-state index >= 15 is 0 Å². The number of rotatable bonds is 5. The first-order valence-electron chi connectivity index (χ1n) is 7.17. The van der Waals surface area contributed by atoms with Crippen molar-refractivity contribution >= 4 is 29.0 Å². The number of urea groups is 1. The molecule has 0 bridgehead atoms. The molecule has 0 radical (unpaired) electrons. The Morgan fingerprint density at radius 3 is 2.48 bits per heavy atom. The molecule has 5 nitrogen and oxygen atoms in total. The predicted molar refractivity (Wildman–Crippen MR) is 92.9 cm³/mol. The molecule has 0 fully saturated rings. The number of methoxy groups -OCH3 is 1. The molecule has 0 saturated heterocycles. The van der Waals surface area contributed by atoms with Crippen molar-refractivity contribution in [2.24, 2.45) is 0 Å². The van der Waals surface area contributed by atoms with Gasteiger partial charge in [0.2, 0.25) is 0 Å². The Bertz CT molecular complexity index is 689. The Morgan fingerprint density at radius 1 is 1.09 bits per heavy atom. The molecule has 0 aromatic heterocycles. The van der Waals surface area contributed by atoms with Crippen LogP contribution in [0.15, 0.2) is 42.5 Å². The van der Waals surface area contributed by atoms with E-state index in [1.165, 1.54) is 7.11 Å². The molecular weight excluding hydrogens is 316 g/mol. The third kappa shape index (κ3) is 4.79. The molecule has 2 aromatic rings. The summed E-state index contributed by atoms with van der Waals surface area (Å²) in [5, 5.41) is 5.91. The minimum atomic E-state index is -0.383. The lowest BCUT2D eigenvalue weighted by atomic mass is 10.3. The monoisotopic (exact) mass is 334 g/mol. The fourth-order valence-corrected chi connectivity index (χ4v) is 2.21. The number of para-hydroxylation sites is 2. The number of halogens is 1. The van der Waals surface area contributed by atoms with Crippen molar-refractivity contribution in [3.8, 4) is 11.5 Å². The van der Waals surface area contributed by atoms with Crippen LogP contribution in [-0.4, -0.2) is 19.2 Å². The fraction of sp³-hybridized carbons (Fsp3) is 0.235. The summed E-state index contributed by atoms with van der Waals surface area (Å²) >= 11 is 6.04. The Kier molecular flexibility index (Phi) is 5.71. The molecule has 0 aliphatic rings. The first-order valence-corrected chi connectivity index (χ1v) is 7.54. The molecule has 0 unspecified atom stereocenters. The van der Waals surface area contributed by atoms with Gasteiger partial charge in [-0.05, 0) is 44.2 Å². The van der Waals surface area contributed by atoms with Gasteiger partial charge in [0.25, 0.3) is 0 Å². The Hall–Kier alpha value is -2.40.